The van der Waals surface area contributed by atoms with Gasteiger partial charge in [0, 0.05) is 18.2 Å². The van der Waals surface area contributed by atoms with Crippen LogP contribution in [0.1, 0.15) is 23.0 Å². The zero-order chi connectivity index (χ0) is 13.8. The van der Waals surface area contributed by atoms with Gasteiger partial charge in [0.2, 0.25) is 0 Å². The van der Waals surface area contributed by atoms with Crippen LogP contribution in [-0.4, -0.2) is 17.1 Å². The van der Waals surface area contributed by atoms with Crippen LogP contribution in [0.2, 0.25) is 5.02 Å². The lowest BCUT2D eigenvalue weighted by Gasteiger charge is -2.14. The summed E-state index contributed by atoms with van der Waals surface area (Å²) in [6, 6.07) is 8.72. The molecule has 0 saturated carbocycles. The minimum atomic E-state index is -1.03. The molecule has 0 fully saturated rings. The monoisotopic (exact) mass is 279 g/mol. The van der Waals surface area contributed by atoms with Crippen molar-refractivity contribution in [3.05, 3.63) is 52.9 Å². The Morgan fingerprint density at radius 3 is 2.84 bits per heavy atom. The van der Waals surface area contributed by atoms with E-state index in [0.29, 0.717) is 0 Å². The zero-order valence-corrected chi connectivity index (χ0v) is 11.1. The lowest BCUT2D eigenvalue weighted by Crippen LogP contribution is -2.17. The molecule has 1 aromatic heterocycles. The van der Waals surface area contributed by atoms with E-state index in [4.69, 9.17) is 21.1 Å². The van der Waals surface area contributed by atoms with Crippen molar-refractivity contribution in [2.75, 3.05) is 5.32 Å². The number of halogens is 1. The predicted molar refractivity (Wildman–Crippen MR) is 73.9 cm³/mol. The van der Waals surface area contributed by atoms with Gasteiger partial charge >= 0.3 is 5.97 Å². The lowest BCUT2D eigenvalue weighted by atomic mass is 10.1. The second kappa shape index (κ2) is 5.80. The van der Waals surface area contributed by atoms with Crippen LogP contribution < -0.4 is 5.32 Å². The van der Waals surface area contributed by atoms with Crippen molar-refractivity contribution < 1.29 is 14.3 Å². The highest BCUT2D eigenvalue weighted by molar-refractivity contribution is 6.33. The molecule has 0 aliphatic carbocycles. The van der Waals surface area contributed by atoms with E-state index in [-0.39, 0.29) is 16.6 Å². The maximum absolute atomic E-state index is 10.8. The number of aromatic carboxylic acids is 1. The number of benzene rings is 1. The van der Waals surface area contributed by atoms with Gasteiger partial charge < -0.3 is 14.8 Å². The van der Waals surface area contributed by atoms with Gasteiger partial charge in [-0.2, -0.15) is 0 Å². The molecule has 0 aliphatic heterocycles. The van der Waals surface area contributed by atoms with Crippen LogP contribution in [0.15, 0.2) is 41.0 Å². The second-order valence-electron chi connectivity index (χ2n) is 4.33. The topological polar surface area (TPSA) is 62.5 Å². The minimum absolute atomic E-state index is 0.103. The van der Waals surface area contributed by atoms with Gasteiger partial charge in [0.25, 0.3) is 0 Å². The lowest BCUT2D eigenvalue weighted by molar-refractivity contribution is 0.0697. The Morgan fingerprint density at radius 2 is 2.26 bits per heavy atom. The number of anilines is 1. The quantitative estimate of drug-likeness (QED) is 0.876. The maximum atomic E-state index is 10.8. The summed E-state index contributed by atoms with van der Waals surface area (Å²) >= 11 is 5.91. The smallest absolute Gasteiger partial charge is 0.337 e. The first-order valence-electron chi connectivity index (χ1n) is 5.88. The van der Waals surface area contributed by atoms with Gasteiger partial charge in [-0.1, -0.05) is 11.6 Å². The van der Waals surface area contributed by atoms with E-state index in [9.17, 15) is 4.79 Å². The van der Waals surface area contributed by atoms with E-state index in [1.54, 1.807) is 18.4 Å². The summed E-state index contributed by atoms with van der Waals surface area (Å²) in [5, 5.41) is 12.4. The molecule has 2 rings (SSSR count). The van der Waals surface area contributed by atoms with Crippen molar-refractivity contribution in [2.45, 2.75) is 19.4 Å². The highest BCUT2D eigenvalue weighted by Gasteiger charge is 2.10. The molecule has 1 aromatic carbocycles. The number of furan rings is 1. The van der Waals surface area contributed by atoms with Crippen molar-refractivity contribution in [1.29, 1.82) is 0 Å². The Morgan fingerprint density at radius 1 is 1.47 bits per heavy atom. The molecule has 0 aliphatic rings. The van der Waals surface area contributed by atoms with E-state index in [0.717, 1.165) is 17.9 Å². The van der Waals surface area contributed by atoms with Crippen LogP contribution in [-0.2, 0) is 6.42 Å². The van der Waals surface area contributed by atoms with Crippen molar-refractivity contribution >= 4 is 23.3 Å². The van der Waals surface area contributed by atoms with E-state index in [1.807, 2.05) is 19.1 Å². The number of carboxylic acids is 1. The van der Waals surface area contributed by atoms with E-state index in [2.05, 4.69) is 5.32 Å². The number of hydrogen-bond acceptors (Lipinski definition) is 3. The summed E-state index contributed by atoms with van der Waals surface area (Å²) in [6.45, 7) is 2.02. The van der Waals surface area contributed by atoms with Crippen molar-refractivity contribution in [3.63, 3.8) is 0 Å². The summed E-state index contributed by atoms with van der Waals surface area (Å²) in [4.78, 5) is 10.8. The molecule has 1 heterocycles. The first-order valence-corrected chi connectivity index (χ1v) is 6.26. The van der Waals surface area contributed by atoms with Crippen LogP contribution in [0.3, 0.4) is 0 Å². The number of carboxylic acid groups (broad SMARTS) is 1. The van der Waals surface area contributed by atoms with Crippen LogP contribution in [0.5, 0.6) is 0 Å². The molecule has 0 saturated heterocycles. The average Bonchev–Trinajstić information content (AvgIpc) is 2.81. The third kappa shape index (κ3) is 3.51. The van der Waals surface area contributed by atoms with Gasteiger partial charge in [-0.05, 0) is 37.3 Å². The van der Waals surface area contributed by atoms with Gasteiger partial charge in [0.15, 0.2) is 0 Å². The van der Waals surface area contributed by atoms with Gasteiger partial charge in [-0.15, -0.1) is 0 Å². The number of hydrogen-bond donors (Lipinski definition) is 2. The summed E-state index contributed by atoms with van der Waals surface area (Å²) in [6.07, 6.45) is 2.38. The van der Waals surface area contributed by atoms with Gasteiger partial charge in [-0.25, -0.2) is 4.79 Å². The molecule has 1 unspecified atom stereocenters. The largest absolute Gasteiger partial charge is 0.478 e. The van der Waals surface area contributed by atoms with Crippen LogP contribution in [0.4, 0.5) is 5.69 Å². The molecule has 100 valence electrons. The summed E-state index contributed by atoms with van der Waals surface area (Å²) in [5.74, 6) is -0.131. The van der Waals surface area contributed by atoms with E-state index in [1.165, 1.54) is 6.07 Å². The van der Waals surface area contributed by atoms with Gasteiger partial charge in [0.05, 0.1) is 16.8 Å². The number of rotatable bonds is 5. The highest BCUT2D eigenvalue weighted by Crippen LogP contribution is 2.22. The molecule has 0 bridgehead atoms. The fourth-order valence-electron chi connectivity index (χ4n) is 1.84. The molecule has 1 atom stereocenters. The SMILES string of the molecule is CC(Cc1ccco1)Nc1ccc(C(=O)O)c(Cl)c1. The molecule has 2 aromatic rings. The molecule has 19 heavy (non-hydrogen) atoms. The van der Waals surface area contributed by atoms with Crippen LogP contribution in [0, 0.1) is 0 Å². The molecule has 4 nitrogen and oxygen atoms in total. The Labute approximate surface area is 116 Å². The third-order valence-corrected chi connectivity index (χ3v) is 3.01. The minimum Gasteiger partial charge on any atom is -0.478 e. The fraction of sp³-hybridized carbons (Fsp3) is 0.214. The first kappa shape index (κ1) is 13.5. The Balaban J connectivity index is 2.03. The summed E-state index contributed by atoms with van der Waals surface area (Å²) in [5.41, 5.74) is 0.889. The summed E-state index contributed by atoms with van der Waals surface area (Å²) in [7, 11) is 0. The van der Waals surface area contributed by atoms with Crippen molar-refractivity contribution in [3.8, 4) is 0 Å². The number of nitrogens with one attached hydrogen (secondary N) is 1. The maximum Gasteiger partial charge on any atom is 0.337 e. The van der Waals surface area contributed by atoms with E-state index < -0.39 is 5.97 Å². The number of carbonyl (C=O) groups is 1. The van der Waals surface area contributed by atoms with Crippen molar-refractivity contribution in [2.24, 2.45) is 0 Å². The normalized spacial score (nSPS) is 12.1. The highest BCUT2D eigenvalue weighted by atomic mass is 35.5. The van der Waals surface area contributed by atoms with Gasteiger partial charge in [0.1, 0.15) is 5.76 Å². The predicted octanol–water partition coefficient (Wildman–Crippen LogP) is 3.67. The fourth-order valence-corrected chi connectivity index (χ4v) is 2.11. The molecule has 0 amide bonds. The molecular weight excluding hydrogens is 266 g/mol. The van der Waals surface area contributed by atoms with E-state index >= 15 is 0 Å². The molecule has 5 heteroatoms. The summed E-state index contributed by atoms with van der Waals surface area (Å²) < 4.78 is 5.27. The zero-order valence-electron chi connectivity index (χ0n) is 10.4. The molecule has 0 spiro atoms. The first-order chi connectivity index (χ1) is 9.06. The van der Waals surface area contributed by atoms with Crippen LogP contribution >= 0.6 is 11.6 Å². The third-order valence-electron chi connectivity index (χ3n) is 2.70. The average molecular weight is 280 g/mol. The second-order valence-corrected chi connectivity index (χ2v) is 4.74. The Kier molecular flexibility index (Phi) is 4.12. The molecule has 0 radical (unpaired) electrons. The Hall–Kier alpha value is -1.94. The van der Waals surface area contributed by atoms with Gasteiger partial charge in [-0.3, -0.25) is 0 Å². The molecular formula is C14H14ClNO3. The molecule has 2 N–H and O–H groups in total. The van der Waals surface area contributed by atoms with Crippen molar-refractivity contribution in [1.82, 2.24) is 0 Å². The van der Waals surface area contributed by atoms with Crippen LogP contribution in [0.25, 0.3) is 0 Å². The standard InChI is InChI=1S/C14H14ClNO3/c1-9(7-11-3-2-6-19-11)16-10-4-5-12(14(17)18)13(15)8-10/h2-6,8-9,16H,7H2,1H3,(H,17,18). The Bertz CT molecular complexity index is 566.